The lowest BCUT2D eigenvalue weighted by atomic mass is 9.98. The molecule has 0 N–H and O–H groups in total. The number of hydrogen-bond donors (Lipinski definition) is 0. The molecule has 0 heterocycles. The molecule has 2 nitrogen and oxygen atoms in total. The van der Waals surface area contributed by atoms with E-state index in [9.17, 15) is 4.79 Å². The third-order valence-electron chi connectivity index (χ3n) is 1.71. The SMILES string of the molecule is C=C(C)C(=O)C(C)(C)OCC(C)C. The minimum Gasteiger partial charge on any atom is -0.367 e. The molecule has 0 aliphatic rings. The number of carbonyl (C=O) groups is 1. The van der Waals surface area contributed by atoms with Gasteiger partial charge in [0.05, 0.1) is 6.61 Å². The van der Waals surface area contributed by atoms with Crippen LogP contribution in [0.3, 0.4) is 0 Å². The molecular weight excluding hydrogens is 164 g/mol. The Kier molecular flexibility index (Phi) is 4.34. The van der Waals surface area contributed by atoms with Crippen LogP contribution in [0.5, 0.6) is 0 Å². The highest BCUT2D eigenvalue weighted by molar-refractivity contribution is 6.00. The predicted octanol–water partition coefficient (Wildman–Crippen LogP) is 2.58. The van der Waals surface area contributed by atoms with Crippen LogP contribution in [0.2, 0.25) is 0 Å². The highest BCUT2D eigenvalue weighted by atomic mass is 16.5. The number of ketones is 1. The zero-order valence-corrected chi connectivity index (χ0v) is 9.31. The molecule has 0 saturated carbocycles. The van der Waals surface area contributed by atoms with Gasteiger partial charge >= 0.3 is 0 Å². The first-order chi connectivity index (χ1) is 5.77. The highest BCUT2D eigenvalue weighted by Gasteiger charge is 2.28. The third kappa shape index (κ3) is 4.23. The fourth-order valence-corrected chi connectivity index (χ4v) is 0.954. The maximum absolute atomic E-state index is 11.6. The first kappa shape index (κ1) is 12.4. The lowest BCUT2D eigenvalue weighted by Crippen LogP contribution is -2.36. The molecule has 2 heteroatoms. The molecule has 0 rings (SSSR count). The van der Waals surface area contributed by atoms with Gasteiger partial charge < -0.3 is 4.74 Å². The summed E-state index contributed by atoms with van der Waals surface area (Å²) in [6, 6.07) is 0. The summed E-state index contributed by atoms with van der Waals surface area (Å²) in [6.07, 6.45) is 0. The highest BCUT2D eigenvalue weighted by Crippen LogP contribution is 2.16. The lowest BCUT2D eigenvalue weighted by molar-refractivity contribution is -0.137. The second kappa shape index (κ2) is 4.56. The summed E-state index contributed by atoms with van der Waals surface area (Å²) < 4.78 is 5.50. The van der Waals surface area contributed by atoms with Crippen LogP contribution in [0, 0.1) is 5.92 Å². The van der Waals surface area contributed by atoms with E-state index in [2.05, 4.69) is 20.4 Å². The molecule has 0 aromatic heterocycles. The van der Waals surface area contributed by atoms with E-state index in [0.29, 0.717) is 18.1 Å². The molecule has 0 spiro atoms. The molecule has 0 unspecified atom stereocenters. The molecule has 0 aliphatic carbocycles. The Morgan fingerprint density at radius 1 is 1.46 bits per heavy atom. The van der Waals surface area contributed by atoms with E-state index < -0.39 is 5.60 Å². The van der Waals surface area contributed by atoms with Crippen LogP contribution in [0.4, 0.5) is 0 Å². The van der Waals surface area contributed by atoms with Crippen LogP contribution in [0.15, 0.2) is 12.2 Å². The van der Waals surface area contributed by atoms with Crippen molar-refractivity contribution in [3.05, 3.63) is 12.2 Å². The van der Waals surface area contributed by atoms with Crippen molar-refractivity contribution in [3.63, 3.8) is 0 Å². The summed E-state index contributed by atoms with van der Waals surface area (Å²) in [7, 11) is 0. The summed E-state index contributed by atoms with van der Waals surface area (Å²) in [5.41, 5.74) is -0.176. The van der Waals surface area contributed by atoms with E-state index in [-0.39, 0.29) is 5.78 Å². The zero-order valence-electron chi connectivity index (χ0n) is 9.31. The summed E-state index contributed by atoms with van der Waals surface area (Å²) in [5, 5.41) is 0. The maximum Gasteiger partial charge on any atom is 0.189 e. The standard InChI is InChI=1S/C11H20O2/c1-8(2)7-13-11(5,6)10(12)9(3)4/h8H,3,7H2,1-2,4-6H3. The van der Waals surface area contributed by atoms with Crippen molar-refractivity contribution in [3.8, 4) is 0 Å². The number of ether oxygens (including phenoxy) is 1. The summed E-state index contributed by atoms with van der Waals surface area (Å²) in [5.74, 6) is 0.422. The van der Waals surface area contributed by atoms with E-state index in [1.54, 1.807) is 20.8 Å². The van der Waals surface area contributed by atoms with Crippen molar-refractivity contribution in [1.82, 2.24) is 0 Å². The van der Waals surface area contributed by atoms with Gasteiger partial charge in [-0.15, -0.1) is 0 Å². The number of hydrogen-bond acceptors (Lipinski definition) is 2. The molecule has 0 amide bonds. The molecule has 0 radical (unpaired) electrons. The van der Waals surface area contributed by atoms with Gasteiger partial charge in [-0.2, -0.15) is 0 Å². The Balaban J connectivity index is 4.22. The minimum atomic E-state index is -0.726. The van der Waals surface area contributed by atoms with Crippen molar-refractivity contribution in [2.45, 2.75) is 40.2 Å². The van der Waals surface area contributed by atoms with Crippen molar-refractivity contribution >= 4 is 5.78 Å². The lowest BCUT2D eigenvalue weighted by Gasteiger charge is -2.24. The van der Waals surface area contributed by atoms with Gasteiger partial charge in [-0.25, -0.2) is 0 Å². The molecule has 0 bridgehead atoms. The first-order valence-corrected chi connectivity index (χ1v) is 4.61. The van der Waals surface area contributed by atoms with Gasteiger partial charge in [0.2, 0.25) is 0 Å². The van der Waals surface area contributed by atoms with Gasteiger partial charge in [-0.1, -0.05) is 20.4 Å². The molecule has 0 saturated heterocycles. The monoisotopic (exact) mass is 184 g/mol. The molecule has 0 aliphatic heterocycles. The second-order valence-electron chi connectivity index (χ2n) is 4.32. The normalized spacial score (nSPS) is 11.8. The van der Waals surface area contributed by atoms with Crippen LogP contribution < -0.4 is 0 Å². The van der Waals surface area contributed by atoms with Crippen LogP contribution in [-0.2, 0) is 9.53 Å². The van der Waals surface area contributed by atoms with Crippen LogP contribution in [0.1, 0.15) is 34.6 Å². The molecule has 13 heavy (non-hydrogen) atoms. The fraction of sp³-hybridized carbons (Fsp3) is 0.727. The Hall–Kier alpha value is -0.630. The Morgan fingerprint density at radius 3 is 2.23 bits per heavy atom. The molecular formula is C11H20O2. The number of rotatable bonds is 5. The predicted molar refractivity (Wildman–Crippen MR) is 54.7 cm³/mol. The van der Waals surface area contributed by atoms with Crippen LogP contribution in [0.25, 0.3) is 0 Å². The van der Waals surface area contributed by atoms with Crippen molar-refractivity contribution in [2.24, 2.45) is 5.92 Å². The summed E-state index contributed by atoms with van der Waals surface area (Å²) in [4.78, 5) is 11.6. The number of Topliss-reactive ketones (excluding diaryl/α,β-unsaturated/α-hetero) is 1. The zero-order chi connectivity index (χ0) is 10.6. The van der Waals surface area contributed by atoms with E-state index >= 15 is 0 Å². The smallest absolute Gasteiger partial charge is 0.189 e. The van der Waals surface area contributed by atoms with Gasteiger partial charge in [0.1, 0.15) is 5.60 Å². The Morgan fingerprint density at radius 2 is 1.92 bits per heavy atom. The van der Waals surface area contributed by atoms with Crippen molar-refractivity contribution in [2.75, 3.05) is 6.61 Å². The average molecular weight is 184 g/mol. The van der Waals surface area contributed by atoms with Gasteiger partial charge in [0.25, 0.3) is 0 Å². The summed E-state index contributed by atoms with van der Waals surface area (Å²) >= 11 is 0. The van der Waals surface area contributed by atoms with Gasteiger partial charge in [0, 0.05) is 0 Å². The van der Waals surface area contributed by atoms with Crippen LogP contribution >= 0.6 is 0 Å². The van der Waals surface area contributed by atoms with E-state index in [4.69, 9.17) is 4.74 Å². The Bertz CT molecular complexity index is 202. The topological polar surface area (TPSA) is 26.3 Å². The molecule has 0 aromatic rings. The van der Waals surface area contributed by atoms with Gasteiger partial charge in [0.15, 0.2) is 5.78 Å². The number of carbonyl (C=O) groups excluding carboxylic acids is 1. The van der Waals surface area contributed by atoms with Crippen molar-refractivity contribution < 1.29 is 9.53 Å². The fourth-order valence-electron chi connectivity index (χ4n) is 0.954. The van der Waals surface area contributed by atoms with Gasteiger partial charge in [-0.05, 0) is 32.3 Å². The van der Waals surface area contributed by atoms with E-state index in [0.717, 1.165) is 0 Å². The summed E-state index contributed by atoms with van der Waals surface area (Å²) in [6.45, 7) is 13.6. The first-order valence-electron chi connectivity index (χ1n) is 4.61. The molecule has 0 aromatic carbocycles. The second-order valence-corrected chi connectivity index (χ2v) is 4.32. The molecule has 76 valence electrons. The Labute approximate surface area is 81.0 Å². The average Bonchev–Trinajstić information content (AvgIpc) is 1.99. The molecule has 0 atom stereocenters. The van der Waals surface area contributed by atoms with Gasteiger partial charge in [-0.3, -0.25) is 4.79 Å². The maximum atomic E-state index is 11.6. The van der Waals surface area contributed by atoms with E-state index in [1.807, 2.05) is 0 Å². The minimum absolute atomic E-state index is 0.0202. The quantitative estimate of drug-likeness (QED) is 0.614. The molecule has 0 fully saturated rings. The third-order valence-corrected chi connectivity index (χ3v) is 1.71. The van der Waals surface area contributed by atoms with Crippen LogP contribution in [-0.4, -0.2) is 18.0 Å². The largest absolute Gasteiger partial charge is 0.367 e. The van der Waals surface area contributed by atoms with E-state index in [1.165, 1.54) is 0 Å². The van der Waals surface area contributed by atoms with Crippen molar-refractivity contribution in [1.29, 1.82) is 0 Å².